The third-order valence-corrected chi connectivity index (χ3v) is 3.41. The summed E-state index contributed by atoms with van der Waals surface area (Å²) in [5.41, 5.74) is 7.56. The van der Waals surface area contributed by atoms with Crippen LogP contribution in [0.2, 0.25) is 10.0 Å². The van der Waals surface area contributed by atoms with Crippen molar-refractivity contribution in [3.63, 3.8) is 0 Å². The van der Waals surface area contributed by atoms with Crippen LogP contribution < -0.4 is 5.73 Å². The van der Waals surface area contributed by atoms with E-state index in [1.165, 1.54) is 0 Å². The van der Waals surface area contributed by atoms with E-state index in [-0.39, 0.29) is 0 Å². The topological polar surface area (TPSA) is 64.9 Å². The molecule has 2 aromatic carbocycles. The summed E-state index contributed by atoms with van der Waals surface area (Å²) in [4.78, 5) is 4.31. The molecule has 0 fully saturated rings. The van der Waals surface area contributed by atoms with Crippen LogP contribution in [0, 0.1) is 0 Å². The Labute approximate surface area is 125 Å². The maximum absolute atomic E-state index is 6.12. The highest BCUT2D eigenvalue weighted by Gasteiger charge is 2.15. The van der Waals surface area contributed by atoms with E-state index >= 15 is 0 Å². The predicted molar refractivity (Wildman–Crippen MR) is 79.6 cm³/mol. The lowest BCUT2D eigenvalue weighted by Crippen LogP contribution is -1.86. The molecule has 4 nitrogen and oxygen atoms in total. The smallest absolute Gasteiger partial charge is 0.259 e. The second kappa shape index (κ2) is 5.15. The van der Waals surface area contributed by atoms with Gasteiger partial charge in [-0.25, -0.2) is 0 Å². The molecular weight excluding hydrogens is 297 g/mol. The van der Waals surface area contributed by atoms with Crippen molar-refractivity contribution in [3.05, 3.63) is 52.5 Å². The molecule has 0 amide bonds. The highest BCUT2D eigenvalue weighted by atomic mass is 35.5. The Morgan fingerprint density at radius 2 is 1.75 bits per heavy atom. The molecule has 6 heteroatoms. The van der Waals surface area contributed by atoms with Gasteiger partial charge in [0, 0.05) is 11.3 Å². The summed E-state index contributed by atoms with van der Waals surface area (Å²) < 4.78 is 5.24. The van der Waals surface area contributed by atoms with Crippen molar-refractivity contribution < 1.29 is 4.52 Å². The fraction of sp³-hybridized carbons (Fsp3) is 0. The lowest BCUT2D eigenvalue weighted by molar-refractivity contribution is 0.432. The first kappa shape index (κ1) is 13.0. The molecule has 20 heavy (non-hydrogen) atoms. The van der Waals surface area contributed by atoms with Crippen molar-refractivity contribution in [2.45, 2.75) is 0 Å². The Kier molecular flexibility index (Phi) is 3.34. The van der Waals surface area contributed by atoms with E-state index in [2.05, 4.69) is 10.1 Å². The van der Waals surface area contributed by atoms with E-state index in [9.17, 15) is 0 Å². The Hall–Kier alpha value is -2.04. The van der Waals surface area contributed by atoms with E-state index < -0.39 is 0 Å². The Bertz CT molecular complexity index is 771. The minimum atomic E-state index is 0.324. The normalized spacial score (nSPS) is 10.7. The maximum Gasteiger partial charge on any atom is 0.259 e. The third kappa shape index (κ3) is 2.35. The van der Waals surface area contributed by atoms with Crippen molar-refractivity contribution >= 4 is 28.9 Å². The van der Waals surface area contributed by atoms with Gasteiger partial charge in [-0.05, 0) is 30.3 Å². The Balaban J connectivity index is 2.04. The van der Waals surface area contributed by atoms with Crippen LogP contribution >= 0.6 is 23.2 Å². The molecule has 0 aliphatic rings. The van der Waals surface area contributed by atoms with Gasteiger partial charge in [-0.15, -0.1) is 0 Å². The highest BCUT2D eigenvalue weighted by molar-refractivity contribution is 6.33. The largest absolute Gasteiger partial charge is 0.399 e. The van der Waals surface area contributed by atoms with E-state index in [4.69, 9.17) is 33.5 Å². The quantitative estimate of drug-likeness (QED) is 0.717. The molecule has 0 bridgehead atoms. The Morgan fingerprint density at radius 3 is 2.50 bits per heavy atom. The molecule has 0 unspecified atom stereocenters. The molecule has 0 saturated carbocycles. The molecule has 0 saturated heterocycles. The van der Waals surface area contributed by atoms with Gasteiger partial charge in [-0.2, -0.15) is 4.98 Å². The summed E-state index contributed by atoms with van der Waals surface area (Å²) in [6, 6.07) is 12.4. The highest BCUT2D eigenvalue weighted by Crippen LogP contribution is 2.31. The van der Waals surface area contributed by atoms with Crippen LogP contribution in [-0.2, 0) is 0 Å². The first-order valence-electron chi connectivity index (χ1n) is 5.79. The zero-order chi connectivity index (χ0) is 14.1. The molecular formula is C14H9Cl2N3O. The van der Waals surface area contributed by atoms with Gasteiger partial charge in [0.25, 0.3) is 5.89 Å². The number of nitrogens with two attached hydrogens (primary N) is 1. The third-order valence-electron chi connectivity index (χ3n) is 2.76. The standard InChI is InChI=1S/C14H9Cl2N3O/c15-11-4-2-1-3-9(11)13-18-14(20-19-13)10-6-5-8(17)7-12(10)16/h1-7H,17H2. The molecule has 0 atom stereocenters. The second-order valence-corrected chi connectivity index (χ2v) is 4.96. The Morgan fingerprint density at radius 1 is 0.950 bits per heavy atom. The van der Waals surface area contributed by atoms with Gasteiger partial charge in [0.2, 0.25) is 5.82 Å². The number of rotatable bonds is 2. The summed E-state index contributed by atoms with van der Waals surface area (Å²) in [5, 5.41) is 4.94. The molecule has 3 aromatic rings. The second-order valence-electron chi connectivity index (χ2n) is 4.14. The number of aromatic nitrogens is 2. The van der Waals surface area contributed by atoms with Gasteiger partial charge in [0.05, 0.1) is 15.6 Å². The molecule has 1 heterocycles. The monoisotopic (exact) mass is 305 g/mol. The van der Waals surface area contributed by atoms with E-state index in [1.807, 2.05) is 18.2 Å². The zero-order valence-electron chi connectivity index (χ0n) is 10.2. The van der Waals surface area contributed by atoms with Crippen molar-refractivity contribution in [1.29, 1.82) is 0 Å². The molecule has 0 radical (unpaired) electrons. The number of anilines is 1. The molecule has 3 rings (SSSR count). The lowest BCUT2D eigenvalue weighted by atomic mass is 10.2. The van der Waals surface area contributed by atoms with Crippen LogP contribution in [0.3, 0.4) is 0 Å². The molecule has 0 aliphatic heterocycles. The minimum Gasteiger partial charge on any atom is -0.399 e. The van der Waals surface area contributed by atoms with Gasteiger partial charge in [-0.3, -0.25) is 0 Å². The average Bonchev–Trinajstić information content (AvgIpc) is 2.88. The van der Waals surface area contributed by atoms with E-state index in [0.29, 0.717) is 38.6 Å². The van der Waals surface area contributed by atoms with Crippen LogP contribution in [-0.4, -0.2) is 10.1 Å². The van der Waals surface area contributed by atoms with Gasteiger partial charge < -0.3 is 10.3 Å². The summed E-state index contributed by atoms with van der Waals surface area (Å²) in [6.45, 7) is 0. The number of hydrogen-bond donors (Lipinski definition) is 1. The maximum atomic E-state index is 6.12. The van der Waals surface area contributed by atoms with Crippen molar-refractivity contribution in [2.24, 2.45) is 0 Å². The van der Waals surface area contributed by atoms with E-state index in [1.54, 1.807) is 24.3 Å². The van der Waals surface area contributed by atoms with Crippen LogP contribution in [0.4, 0.5) is 5.69 Å². The predicted octanol–water partition coefficient (Wildman–Crippen LogP) is 4.29. The van der Waals surface area contributed by atoms with Gasteiger partial charge in [0.15, 0.2) is 0 Å². The first-order valence-corrected chi connectivity index (χ1v) is 6.55. The fourth-order valence-corrected chi connectivity index (χ4v) is 2.28. The molecule has 100 valence electrons. The van der Waals surface area contributed by atoms with Crippen LogP contribution in [0.25, 0.3) is 22.8 Å². The summed E-state index contributed by atoms with van der Waals surface area (Å²) in [7, 11) is 0. The van der Waals surface area contributed by atoms with Crippen molar-refractivity contribution in [2.75, 3.05) is 5.73 Å². The summed E-state index contributed by atoms with van der Waals surface area (Å²) in [6.07, 6.45) is 0. The number of halogens is 2. The zero-order valence-corrected chi connectivity index (χ0v) is 11.7. The lowest BCUT2D eigenvalue weighted by Gasteiger charge is -1.99. The molecule has 0 spiro atoms. The fourth-order valence-electron chi connectivity index (χ4n) is 1.79. The van der Waals surface area contributed by atoms with Crippen LogP contribution in [0.1, 0.15) is 0 Å². The van der Waals surface area contributed by atoms with E-state index in [0.717, 1.165) is 0 Å². The number of nitrogen functional groups attached to an aromatic ring is 1. The number of benzene rings is 2. The van der Waals surface area contributed by atoms with Crippen molar-refractivity contribution in [3.8, 4) is 22.8 Å². The van der Waals surface area contributed by atoms with Crippen molar-refractivity contribution in [1.82, 2.24) is 10.1 Å². The van der Waals surface area contributed by atoms with Crippen LogP contribution in [0.5, 0.6) is 0 Å². The van der Waals surface area contributed by atoms with Gasteiger partial charge in [0.1, 0.15) is 0 Å². The molecule has 0 aliphatic carbocycles. The first-order chi connectivity index (χ1) is 9.65. The van der Waals surface area contributed by atoms with Crippen LogP contribution in [0.15, 0.2) is 47.0 Å². The van der Waals surface area contributed by atoms with Gasteiger partial charge in [-0.1, -0.05) is 40.5 Å². The number of hydrogen-bond acceptors (Lipinski definition) is 4. The SMILES string of the molecule is Nc1ccc(-c2nc(-c3ccccc3Cl)no2)c(Cl)c1. The molecule has 1 aromatic heterocycles. The minimum absolute atomic E-state index is 0.324. The number of nitrogens with zero attached hydrogens (tertiary/aromatic N) is 2. The summed E-state index contributed by atoms with van der Waals surface area (Å²) >= 11 is 12.2. The summed E-state index contributed by atoms with van der Waals surface area (Å²) in [5.74, 6) is 0.739. The average molecular weight is 306 g/mol. The van der Waals surface area contributed by atoms with Gasteiger partial charge >= 0.3 is 0 Å². The molecule has 2 N–H and O–H groups in total.